The Labute approximate surface area is 136 Å². The number of thioether (sulfide) groups is 1. The van der Waals surface area contributed by atoms with Crippen LogP contribution in [-0.4, -0.2) is 27.8 Å². The van der Waals surface area contributed by atoms with Crippen molar-refractivity contribution in [1.82, 2.24) is 14.8 Å². The standard InChI is InChI=1S/C16H13N3O3S/c1-21-11-6-4-10(5-7-11)15-17-16-19(18-15)14(20)9-13(23-16)12-3-2-8-22-12/h2-8,13H,9H2,1H3/t13-/m1/s1. The Kier molecular flexibility index (Phi) is 3.42. The summed E-state index contributed by atoms with van der Waals surface area (Å²) in [5, 5.41) is 4.87. The molecule has 0 N–H and O–H groups in total. The van der Waals surface area contributed by atoms with E-state index >= 15 is 0 Å². The highest BCUT2D eigenvalue weighted by atomic mass is 32.2. The molecule has 4 rings (SSSR count). The zero-order valence-corrected chi connectivity index (χ0v) is 13.1. The number of benzene rings is 1. The number of carbonyl (C=O) groups is 1. The maximum absolute atomic E-state index is 12.3. The Balaban J connectivity index is 1.66. The van der Waals surface area contributed by atoms with Crippen LogP contribution in [0.5, 0.6) is 5.75 Å². The summed E-state index contributed by atoms with van der Waals surface area (Å²) in [6.45, 7) is 0. The van der Waals surface area contributed by atoms with Gasteiger partial charge in [-0.15, -0.1) is 5.10 Å². The van der Waals surface area contributed by atoms with Crippen molar-refractivity contribution in [3.05, 3.63) is 48.4 Å². The van der Waals surface area contributed by atoms with E-state index in [-0.39, 0.29) is 11.2 Å². The molecule has 0 amide bonds. The van der Waals surface area contributed by atoms with Crippen LogP contribution in [0.3, 0.4) is 0 Å². The summed E-state index contributed by atoms with van der Waals surface area (Å²) in [4.78, 5) is 16.8. The summed E-state index contributed by atoms with van der Waals surface area (Å²) < 4.78 is 11.9. The van der Waals surface area contributed by atoms with Gasteiger partial charge < -0.3 is 9.15 Å². The van der Waals surface area contributed by atoms with Gasteiger partial charge in [0.05, 0.1) is 18.6 Å². The molecule has 7 heteroatoms. The molecule has 1 aliphatic heterocycles. The first-order valence-corrected chi connectivity index (χ1v) is 7.97. The fourth-order valence-corrected chi connectivity index (χ4v) is 3.56. The number of fused-ring (bicyclic) bond motifs is 1. The second kappa shape index (κ2) is 5.58. The molecule has 0 fully saturated rings. The van der Waals surface area contributed by atoms with Gasteiger partial charge in [-0.25, -0.2) is 4.98 Å². The average molecular weight is 327 g/mol. The van der Waals surface area contributed by atoms with E-state index in [1.807, 2.05) is 36.4 Å². The van der Waals surface area contributed by atoms with Crippen molar-refractivity contribution in [2.24, 2.45) is 0 Å². The van der Waals surface area contributed by atoms with E-state index in [2.05, 4.69) is 10.1 Å². The molecule has 6 nitrogen and oxygen atoms in total. The van der Waals surface area contributed by atoms with Crippen LogP contribution in [0.25, 0.3) is 11.4 Å². The van der Waals surface area contributed by atoms with Gasteiger partial charge in [0.15, 0.2) is 11.0 Å². The summed E-state index contributed by atoms with van der Waals surface area (Å²) >= 11 is 1.49. The molecule has 0 saturated carbocycles. The lowest BCUT2D eigenvalue weighted by molar-refractivity contribution is 0.0865. The molecule has 0 unspecified atom stereocenters. The van der Waals surface area contributed by atoms with E-state index in [0.29, 0.717) is 17.4 Å². The van der Waals surface area contributed by atoms with Crippen molar-refractivity contribution in [1.29, 1.82) is 0 Å². The summed E-state index contributed by atoms with van der Waals surface area (Å²) in [7, 11) is 1.62. The Morgan fingerprint density at radius 3 is 2.83 bits per heavy atom. The minimum atomic E-state index is -0.0765. The number of hydrogen-bond donors (Lipinski definition) is 0. The summed E-state index contributed by atoms with van der Waals surface area (Å²) in [6, 6.07) is 11.1. The van der Waals surface area contributed by atoms with E-state index in [4.69, 9.17) is 9.15 Å². The van der Waals surface area contributed by atoms with Crippen LogP contribution in [0.1, 0.15) is 22.2 Å². The van der Waals surface area contributed by atoms with E-state index in [0.717, 1.165) is 17.1 Å². The van der Waals surface area contributed by atoms with Gasteiger partial charge in [0.25, 0.3) is 5.91 Å². The van der Waals surface area contributed by atoms with Crippen molar-refractivity contribution in [2.45, 2.75) is 16.8 Å². The van der Waals surface area contributed by atoms with Gasteiger partial charge in [0, 0.05) is 12.0 Å². The highest BCUT2D eigenvalue weighted by Crippen LogP contribution is 2.41. The number of carbonyl (C=O) groups excluding carboxylic acids is 1. The lowest BCUT2D eigenvalue weighted by Gasteiger charge is -2.17. The molecule has 2 aromatic heterocycles. The van der Waals surface area contributed by atoms with Gasteiger partial charge in [-0.05, 0) is 36.4 Å². The number of aromatic nitrogens is 3. The van der Waals surface area contributed by atoms with Crippen LogP contribution in [0, 0.1) is 0 Å². The Morgan fingerprint density at radius 1 is 1.30 bits per heavy atom. The van der Waals surface area contributed by atoms with Crippen LogP contribution < -0.4 is 4.74 Å². The van der Waals surface area contributed by atoms with Crippen molar-refractivity contribution in [2.75, 3.05) is 7.11 Å². The number of furan rings is 1. The first-order valence-electron chi connectivity index (χ1n) is 7.09. The molecule has 3 aromatic rings. The maximum atomic E-state index is 12.3. The molecular formula is C16H13N3O3S. The molecule has 0 saturated heterocycles. The Bertz CT molecular complexity index is 840. The summed E-state index contributed by atoms with van der Waals surface area (Å²) in [6.07, 6.45) is 1.96. The highest BCUT2D eigenvalue weighted by molar-refractivity contribution is 7.99. The zero-order chi connectivity index (χ0) is 15.8. The first-order chi connectivity index (χ1) is 11.2. The topological polar surface area (TPSA) is 70.2 Å². The van der Waals surface area contributed by atoms with Gasteiger partial charge in [-0.3, -0.25) is 4.79 Å². The molecule has 0 radical (unpaired) electrons. The molecule has 116 valence electrons. The molecule has 3 heterocycles. The number of rotatable bonds is 3. The first kappa shape index (κ1) is 14.1. The van der Waals surface area contributed by atoms with E-state index in [1.54, 1.807) is 13.4 Å². The Hall–Kier alpha value is -2.54. The van der Waals surface area contributed by atoms with Crippen molar-refractivity contribution >= 4 is 17.7 Å². The van der Waals surface area contributed by atoms with E-state index < -0.39 is 0 Å². The van der Waals surface area contributed by atoms with Gasteiger partial charge in [-0.2, -0.15) is 4.68 Å². The molecule has 1 atom stereocenters. The van der Waals surface area contributed by atoms with E-state index in [1.165, 1.54) is 16.4 Å². The SMILES string of the molecule is COc1ccc(-c2nc3n(n2)C(=O)C[C@H](c2ccco2)S3)cc1. The lowest BCUT2D eigenvalue weighted by Crippen LogP contribution is -2.20. The quantitative estimate of drug-likeness (QED) is 0.734. The molecule has 1 aliphatic rings. The van der Waals surface area contributed by atoms with Crippen LogP contribution in [0.15, 0.2) is 52.2 Å². The smallest absolute Gasteiger partial charge is 0.250 e. The zero-order valence-electron chi connectivity index (χ0n) is 12.3. The number of methoxy groups -OCH3 is 1. The molecular weight excluding hydrogens is 314 g/mol. The minimum Gasteiger partial charge on any atom is -0.497 e. The highest BCUT2D eigenvalue weighted by Gasteiger charge is 2.31. The predicted octanol–water partition coefficient (Wildman–Crippen LogP) is 3.42. The third kappa shape index (κ3) is 2.53. The van der Waals surface area contributed by atoms with E-state index in [9.17, 15) is 4.79 Å². The number of nitrogens with zero attached hydrogens (tertiary/aromatic N) is 3. The van der Waals surface area contributed by atoms with Crippen LogP contribution in [0.2, 0.25) is 0 Å². The Morgan fingerprint density at radius 2 is 2.13 bits per heavy atom. The normalized spacial score (nSPS) is 17.1. The largest absolute Gasteiger partial charge is 0.497 e. The van der Waals surface area contributed by atoms with Crippen LogP contribution >= 0.6 is 11.8 Å². The summed E-state index contributed by atoms with van der Waals surface area (Å²) in [5.74, 6) is 2.00. The van der Waals surface area contributed by atoms with Crippen molar-refractivity contribution < 1.29 is 13.9 Å². The lowest BCUT2D eigenvalue weighted by atomic mass is 10.2. The van der Waals surface area contributed by atoms with Gasteiger partial charge in [0.2, 0.25) is 0 Å². The second-order valence-electron chi connectivity index (χ2n) is 5.08. The fraction of sp³-hybridized carbons (Fsp3) is 0.188. The predicted molar refractivity (Wildman–Crippen MR) is 84.6 cm³/mol. The molecule has 1 aromatic carbocycles. The third-order valence-corrected chi connectivity index (χ3v) is 4.79. The molecule has 0 spiro atoms. The van der Waals surface area contributed by atoms with Gasteiger partial charge in [-0.1, -0.05) is 11.8 Å². The maximum Gasteiger partial charge on any atom is 0.250 e. The molecule has 23 heavy (non-hydrogen) atoms. The number of hydrogen-bond acceptors (Lipinski definition) is 6. The van der Waals surface area contributed by atoms with Gasteiger partial charge in [0.1, 0.15) is 11.5 Å². The summed E-state index contributed by atoms with van der Waals surface area (Å²) in [5.41, 5.74) is 0.843. The second-order valence-corrected chi connectivity index (χ2v) is 6.25. The average Bonchev–Trinajstić information content (AvgIpc) is 3.24. The third-order valence-electron chi connectivity index (χ3n) is 3.63. The van der Waals surface area contributed by atoms with Crippen LogP contribution in [-0.2, 0) is 0 Å². The van der Waals surface area contributed by atoms with Crippen molar-refractivity contribution in [3.8, 4) is 17.1 Å². The minimum absolute atomic E-state index is 0.0575. The number of ether oxygens (including phenoxy) is 1. The molecule has 0 bridgehead atoms. The molecule has 0 aliphatic carbocycles. The monoisotopic (exact) mass is 327 g/mol. The van der Waals surface area contributed by atoms with Crippen molar-refractivity contribution in [3.63, 3.8) is 0 Å². The fourth-order valence-electron chi connectivity index (χ4n) is 2.45. The van der Waals surface area contributed by atoms with Crippen LogP contribution in [0.4, 0.5) is 0 Å². The van der Waals surface area contributed by atoms with Gasteiger partial charge >= 0.3 is 0 Å².